The maximum Gasteiger partial charge on any atom is 0.160 e. The van der Waals surface area contributed by atoms with Gasteiger partial charge in [0.25, 0.3) is 0 Å². The molecule has 0 aliphatic heterocycles. The summed E-state index contributed by atoms with van der Waals surface area (Å²) in [5, 5.41) is 7.10. The van der Waals surface area contributed by atoms with E-state index in [1.807, 2.05) is 30.3 Å². The fourth-order valence-corrected chi connectivity index (χ4v) is 8.87. The van der Waals surface area contributed by atoms with Crippen molar-refractivity contribution in [3.63, 3.8) is 0 Å². The molecule has 54 heavy (non-hydrogen) atoms. The molecule has 0 radical (unpaired) electrons. The second-order valence-electron chi connectivity index (χ2n) is 14.9. The molecule has 3 nitrogen and oxygen atoms in total. The number of para-hydroxylation sites is 1. The van der Waals surface area contributed by atoms with Gasteiger partial charge in [-0.05, 0) is 85.3 Å². The van der Waals surface area contributed by atoms with Gasteiger partial charge in [0, 0.05) is 32.9 Å². The Hall–Kier alpha value is -6.84. The van der Waals surface area contributed by atoms with Gasteiger partial charge in [-0.25, -0.2) is 9.97 Å². The summed E-state index contributed by atoms with van der Waals surface area (Å²) in [5.41, 5.74) is 14.4. The van der Waals surface area contributed by atoms with E-state index in [1.54, 1.807) is 0 Å². The molecule has 0 N–H and O–H groups in total. The Labute approximate surface area is 313 Å². The standard InChI is InChI=1S/C51H34N2O/c1-51(2)42-21-12-20-40(49(42)48-34-16-7-6-13-31(34)23-27-43(48)51)37-25-26-38(36-18-9-8-17-35(36)37)45-30-44(52-50(53-45)32-14-4-3-5-15-32)33-24-28-47-41(29-33)39-19-10-11-22-46(39)54-47/h3-30H,1-2H3. The van der Waals surface area contributed by atoms with Gasteiger partial charge in [0.1, 0.15) is 11.2 Å². The lowest BCUT2D eigenvalue weighted by Gasteiger charge is -2.22. The van der Waals surface area contributed by atoms with E-state index in [1.165, 1.54) is 49.5 Å². The van der Waals surface area contributed by atoms with Crippen LogP contribution in [0.5, 0.6) is 0 Å². The van der Waals surface area contributed by atoms with Gasteiger partial charge in [0.2, 0.25) is 0 Å². The summed E-state index contributed by atoms with van der Waals surface area (Å²) in [6.45, 7) is 4.72. The minimum atomic E-state index is -0.114. The lowest BCUT2D eigenvalue weighted by atomic mass is 9.81. The zero-order valence-electron chi connectivity index (χ0n) is 30.0. The predicted molar refractivity (Wildman–Crippen MR) is 224 cm³/mol. The first-order chi connectivity index (χ1) is 26.5. The van der Waals surface area contributed by atoms with Crippen molar-refractivity contribution < 1.29 is 4.42 Å². The van der Waals surface area contributed by atoms with Crippen LogP contribution in [0.2, 0.25) is 0 Å². The smallest absolute Gasteiger partial charge is 0.160 e. The average Bonchev–Trinajstić information content (AvgIpc) is 3.72. The van der Waals surface area contributed by atoms with Crippen LogP contribution in [0.4, 0.5) is 0 Å². The van der Waals surface area contributed by atoms with Gasteiger partial charge >= 0.3 is 0 Å². The molecule has 1 aliphatic carbocycles. The first kappa shape index (κ1) is 30.8. The molecule has 8 aromatic carbocycles. The molecule has 0 fully saturated rings. The zero-order chi connectivity index (χ0) is 36.0. The Bertz CT molecular complexity index is 3130. The van der Waals surface area contributed by atoms with Gasteiger partial charge < -0.3 is 4.42 Å². The van der Waals surface area contributed by atoms with Crippen LogP contribution in [0.3, 0.4) is 0 Å². The lowest BCUT2D eigenvalue weighted by Crippen LogP contribution is -2.14. The number of aromatic nitrogens is 2. The number of fused-ring (bicyclic) bond motifs is 9. The van der Waals surface area contributed by atoms with E-state index in [0.717, 1.165) is 55.4 Å². The van der Waals surface area contributed by atoms with Crippen molar-refractivity contribution in [2.75, 3.05) is 0 Å². The van der Waals surface area contributed by atoms with Crippen molar-refractivity contribution >= 4 is 43.5 Å². The number of benzene rings is 8. The molecule has 0 unspecified atom stereocenters. The molecule has 2 heterocycles. The molecule has 0 spiro atoms. The Balaban J connectivity index is 1.13. The molecule has 0 saturated heterocycles. The van der Waals surface area contributed by atoms with Crippen LogP contribution in [0.15, 0.2) is 174 Å². The van der Waals surface area contributed by atoms with Gasteiger partial charge in [-0.1, -0.05) is 153 Å². The summed E-state index contributed by atoms with van der Waals surface area (Å²) in [4.78, 5) is 10.4. The maximum absolute atomic E-state index is 6.17. The first-order valence-electron chi connectivity index (χ1n) is 18.6. The van der Waals surface area contributed by atoms with Crippen molar-refractivity contribution in [3.8, 4) is 56.2 Å². The van der Waals surface area contributed by atoms with Gasteiger partial charge in [-0.3, -0.25) is 0 Å². The van der Waals surface area contributed by atoms with Gasteiger partial charge in [-0.15, -0.1) is 0 Å². The Morgan fingerprint density at radius 3 is 1.93 bits per heavy atom. The number of rotatable bonds is 4. The van der Waals surface area contributed by atoms with Crippen LogP contribution in [-0.2, 0) is 5.41 Å². The second-order valence-corrected chi connectivity index (χ2v) is 14.9. The van der Waals surface area contributed by atoms with Gasteiger partial charge in [0.15, 0.2) is 5.82 Å². The average molecular weight is 691 g/mol. The molecule has 1 aliphatic rings. The van der Waals surface area contributed by atoms with Crippen LogP contribution in [-0.4, -0.2) is 9.97 Å². The van der Waals surface area contributed by atoms with E-state index in [-0.39, 0.29) is 5.41 Å². The highest BCUT2D eigenvalue weighted by molar-refractivity contribution is 6.12. The number of nitrogens with zero attached hydrogens (tertiary/aromatic N) is 2. The third-order valence-corrected chi connectivity index (χ3v) is 11.5. The molecule has 254 valence electrons. The fraction of sp³-hybridized carbons (Fsp3) is 0.0588. The second kappa shape index (κ2) is 11.6. The Kier molecular flexibility index (Phi) is 6.60. The summed E-state index contributed by atoms with van der Waals surface area (Å²) in [5.74, 6) is 0.694. The molecule has 2 aromatic heterocycles. The van der Waals surface area contributed by atoms with E-state index in [2.05, 4.69) is 153 Å². The van der Waals surface area contributed by atoms with Crippen molar-refractivity contribution in [3.05, 3.63) is 181 Å². The van der Waals surface area contributed by atoms with Crippen LogP contribution in [0.25, 0.3) is 99.6 Å². The highest BCUT2D eigenvalue weighted by Crippen LogP contribution is 2.55. The third-order valence-electron chi connectivity index (χ3n) is 11.5. The summed E-state index contributed by atoms with van der Waals surface area (Å²) in [6, 6.07) is 60.6. The molecule has 10 aromatic rings. The van der Waals surface area contributed by atoms with Crippen LogP contribution in [0, 0.1) is 0 Å². The lowest BCUT2D eigenvalue weighted by molar-refractivity contribution is 0.661. The van der Waals surface area contributed by atoms with Crippen LogP contribution in [0.1, 0.15) is 25.0 Å². The summed E-state index contributed by atoms with van der Waals surface area (Å²) in [6.07, 6.45) is 0. The topological polar surface area (TPSA) is 38.9 Å². The van der Waals surface area contributed by atoms with Crippen molar-refractivity contribution in [1.29, 1.82) is 0 Å². The highest BCUT2D eigenvalue weighted by Gasteiger charge is 2.38. The fourth-order valence-electron chi connectivity index (χ4n) is 8.87. The van der Waals surface area contributed by atoms with Crippen molar-refractivity contribution in [2.45, 2.75) is 19.3 Å². The quantitative estimate of drug-likeness (QED) is 0.184. The maximum atomic E-state index is 6.17. The SMILES string of the molecule is CC1(C)c2cccc(-c3ccc(-c4cc(-c5ccc6oc7ccccc7c6c5)nc(-c5ccccc5)n4)c4ccccc34)c2-c2c1ccc1ccccc21. The highest BCUT2D eigenvalue weighted by atomic mass is 16.3. The zero-order valence-corrected chi connectivity index (χ0v) is 30.0. The molecule has 3 heteroatoms. The minimum Gasteiger partial charge on any atom is -0.456 e. The normalized spacial score (nSPS) is 13.1. The van der Waals surface area contributed by atoms with Gasteiger partial charge in [0.05, 0.1) is 11.4 Å². The monoisotopic (exact) mass is 690 g/mol. The van der Waals surface area contributed by atoms with E-state index < -0.39 is 0 Å². The minimum absolute atomic E-state index is 0.114. The van der Waals surface area contributed by atoms with Gasteiger partial charge in [-0.2, -0.15) is 0 Å². The number of hydrogen-bond acceptors (Lipinski definition) is 3. The summed E-state index contributed by atoms with van der Waals surface area (Å²) in [7, 11) is 0. The summed E-state index contributed by atoms with van der Waals surface area (Å²) < 4.78 is 6.17. The molecule has 0 bridgehead atoms. The van der Waals surface area contributed by atoms with Crippen molar-refractivity contribution in [2.24, 2.45) is 0 Å². The Morgan fingerprint density at radius 1 is 0.407 bits per heavy atom. The Morgan fingerprint density at radius 2 is 1.07 bits per heavy atom. The number of hydrogen-bond donors (Lipinski definition) is 0. The molecule has 11 rings (SSSR count). The molecule has 0 amide bonds. The molecular formula is C51H34N2O. The number of furan rings is 1. The van der Waals surface area contributed by atoms with E-state index in [4.69, 9.17) is 14.4 Å². The molecule has 0 saturated carbocycles. The van der Waals surface area contributed by atoms with E-state index >= 15 is 0 Å². The summed E-state index contributed by atoms with van der Waals surface area (Å²) >= 11 is 0. The molecule has 0 atom stereocenters. The van der Waals surface area contributed by atoms with Crippen molar-refractivity contribution in [1.82, 2.24) is 9.97 Å². The van der Waals surface area contributed by atoms with E-state index in [9.17, 15) is 0 Å². The van der Waals surface area contributed by atoms with Crippen LogP contribution < -0.4 is 0 Å². The molecular weight excluding hydrogens is 657 g/mol. The third kappa shape index (κ3) is 4.55. The largest absolute Gasteiger partial charge is 0.456 e. The predicted octanol–water partition coefficient (Wildman–Crippen LogP) is 13.7. The first-order valence-corrected chi connectivity index (χ1v) is 18.6. The van der Waals surface area contributed by atoms with Crippen LogP contribution >= 0.6 is 0 Å². The van der Waals surface area contributed by atoms with E-state index in [0.29, 0.717) is 5.82 Å².